The minimum absolute atomic E-state index is 0.746. The second-order valence-electron chi connectivity index (χ2n) is 3.47. The second kappa shape index (κ2) is 4.79. The van der Waals surface area contributed by atoms with E-state index in [2.05, 4.69) is 29.1 Å². The molecule has 1 aromatic heterocycles. The van der Waals surface area contributed by atoms with Crippen LogP contribution in [0.3, 0.4) is 0 Å². The quantitative estimate of drug-likeness (QED) is 0.789. The highest BCUT2D eigenvalue weighted by Gasteiger charge is 2.16. The highest BCUT2D eigenvalue weighted by atomic mass is 16.5. The zero-order valence-electron chi connectivity index (χ0n) is 9.55. The molecule has 4 nitrogen and oxygen atoms in total. The Bertz CT molecular complexity index is 435. The van der Waals surface area contributed by atoms with E-state index >= 15 is 0 Å². The number of hydrogen-bond donors (Lipinski definition) is 0. The van der Waals surface area contributed by atoms with Crippen LogP contribution in [0.4, 0.5) is 5.88 Å². The van der Waals surface area contributed by atoms with Crippen molar-refractivity contribution in [3.05, 3.63) is 30.3 Å². The molecule has 0 unspecified atom stereocenters. The Balaban J connectivity index is 2.40. The minimum atomic E-state index is 0.746. The van der Waals surface area contributed by atoms with E-state index in [-0.39, 0.29) is 0 Å². The maximum Gasteiger partial charge on any atom is 0.256 e. The van der Waals surface area contributed by atoms with Crippen LogP contribution in [0.5, 0.6) is 0 Å². The molecule has 0 fully saturated rings. The summed E-state index contributed by atoms with van der Waals surface area (Å²) in [6.45, 7) is 5.93. The van der Waals surface area contributed by atoms with Gasteiger partial charge in [0.2, 0.25) is 0 Å². The van der Waals surface area contributed by atoms with Gasteiger partial charge >= 0.3 is 0 Å². The molecule has 0 aliphatic rings. The van der Waals surface area contributed by atoms with Gasteiger partial charge in [-0.05, 0) is 13.8 Å². The van der Waals surface area contributed by atoms with Crippen LogP contribution >= 0.6 is 0 Å². The van der Waals surface area contributed by atoms with E-state index in [1.807, 2.05) is 30.3 Å². The molecule has 1 heterocycles. The number of hydrogen-bond acceptors (Lipinski definition) is 4. The van der Waals surface area contributed by atoms with Gasteiger partial charge in [-0.2, -0.15) is 0 Å². The molecule has 0 amide bonds. The third kappa shape index (κ3) is 1.91. The fourth-order valence-electron chi connectivity index (χ4n) is 1.68. The van der Waals surface area contributed by atoms with Crippen molar-refractivity contribution in [3.63, 3.8) is 0 Å². The van der Waals surface area contributed by atoms with Gasteiger partial charge < -0.3 is 9.42 Å². The molecule has 0 saturated carbocycles. The Morgan fingerprint density at radius 2 is 1.81 bits per heavy atom. The monoisotopic (exact) mass is 217 g/mol. The van der Waals surface area contributed by atoms with E-state index in [9.17, 15) is 0 Å². The van der Waals surface area contributed by atoms with Crippen molar-refractivity contribution in [2.45, 2.75) is 13.8 Å². The summed E-state index contributed by atoms with van der Waals surface area (Å²) in [7, 11) is 0. The van der Waals surface area contributed by atoms with Crippen LogP contribution in [0.2, 0.25) is 0 Å². The van der Waals surface area contributed by atoms with Crippen LogP contribution in [0, 0.1) is 0 Å². The van der Waals surface area contributed by atoms with Crippen molar-refractivity contribution >= 4 is 5.88 Å². The average Bonchev–Trinajstić information content (AvgIpc) is 2.81. The van der Waals surface area contributed by atoms with Gasteiger partial charge in [0.15, 0.2) is 5.69 Å². The molecule has 0 N–H and O–H groups in total. The first-order valence-electron chi connectivity index (χ1n) is 5.49. The maximum atomic E-state index is 5.23. The van der Waals surface area contributed by atoms with Gasteiger partial charge in [-0.1, -0.05) is 30.3 Å². The van der Waals surface area contributed by atoms with Gasteiger partial charge in [0.05, 0.1) is 0 Å². The predicted molar refractivity (Wildman–Crippen MR) is 63.3 cm³/mol. The summed E-state index contributed by atoms with van der Waals surface area (Å²) in [5, 5.41) is 7.69. The van der Waals surface area contributed by atoms with Crippen molar-refractivity contribution < 1.29 is 4.52 Å². The van der Waals surface area contributed by atoms with E-state index < -0.39 is 0 Å². The summed E-state index contributed by atoms with van der Waals surface area (Å²) in [6, 6.07) is 9.96. The lowest BCUT2D eigenvalue weighted by Gasteiger charge is -2.16. The zero-order chi connectivity index (χ0) is 11.4. The first-order valence-corrected chi connectivity index (χ1v) is 5.49. The SMILES string of the molecule is CCN(CC)c1onnc1-c1ccccc1. The molecular formula is C12H15N3O. The van der Waals surface area contributed by atoms with Gasteiger partial charge in [0.1, 0.15) is 0 Å². The minimum Gasteiger partial charge on any atom is -0.339 e. The molecule has 0 bridgehead atoms. The van der Waals surface area contributed by atoms with Crippen molar-refractivity contribution in [1.29, 1.82) is 0 Å². The van der Waals surface area contributed by atoms with Crippen molar-refractivity contribution in [2.75, 3.05) is 18.0 Å². The Hall–Kier alpha value is -1.84. The van der Waals surface area contributed by atoms with Crippen LogP contribution < -0.4 is 4.90 Å². The molecule has 0 aliphatic heterocycles. The van der Waals surface area contributed by atoms with Gasteiger partial charge in [-0.25, -0.2) is 0 Å². The fourth-order valence-corrected chi connectivity index (χ4v) is 1.68. The number of rotatable bonds is 4. The van der Waals surface area contributed by atoms with Gasteiger partial charge in [-0.3, -0.25) is 0 Å². The van der Waals surface area contributed by atoms with Gasteiger partial charge in [0.25, 0.3) is 5.88 Å². The molecule has 4 heteroatoms. The standard InChI is InChI=1S/C12H15N3O/c1-3-15(4-2)12-11(13-14-16-12)10-8-6-5-7-9-10/h5-9H,3-4H2,1-2H3. The van der Waals surface area contributed by atoms with Gasteiger partial charge in [-0.15, -0.1) is 5.10 Å². The lowest BCUT2D eigenvalue weighted by Crippen LogP contribution is -2.21. The zero-order valence-corrected chi connectivity index (χ0v) is 9.55. The number of aromatic nitrogens is 2. The maximum absolute atomic E-state index is 5.23. The van der Waals surface area contributed by atoms with E-state index in [1.165, 1.54) is 0 Å². The number of nitrogens with zero attached hydrogens (tertiary/aromatic N) is 3. The first-order chi connectivity index (χ1) is 7.86. The lowest BCUT2D eigenvalue weighted by atomic mass is 10.1. The van der Waals surface area contributed by atoms with Crippen molar-refractivity contribution in [2.24, 2.45) is 0 Å². The molecule has 16 heavy (non-hydrogen) atoms. The third-order valence-corrected chi connectivity index (χ3v) is 2.57. The Kier molecular flexibility index (Phi) is 3.19. The molecule has 84 valence electrons. The predicted octanol–water partition coefficient (Wildman–Crippen LogP) is 2.58. The summed E-state index contributed by atoms with van der Waals surface area (Å²) in [6.07, 6.45) is 0. The summed E-state index contributed by atoms with van der Waals surface area (Å²) in [4.78, 5) is 2.10. The molecule has 2 aromatic rings. The molecule has 2 rings (SSSR count). The molecule has 1 aromatic carbocycles. The summed E-state index contributed by atoms with van der Waals surface area (Å²) >= 11 is 0. The highest BCUT2D eigenvalue weighted by Crippen LogP contribution is 2.27. The molecule has 0 atom stereocenters. The summed E-state index contributed by atoms with van der Waals surface area (Å²) in [5.74, 6) is 0.746. The Morgan fingerprint density at radius 3 is 2.44 bits per heavy atom. The number of benzene rings is 1. The highest BCUT2D eigenvalue weighted by molar-refractivity contribution is 5.70. The third-order valence-electron chi connectivity index (χ3n) is 2.57. The van der Waals surface area contributed by atoms with Crippen molar-refractivity contribution in [1.82, 2.24) is 10.4 Å². The van der Waals surface area contributed by atoms with Crippen LogP contribution in [0.25, 0.3) is 11.3 Å². The number of anilines is 1. The normalized spacial score (nSPS) is 10.4. The van der Waals surface area contributed by atoms with E-state index in [1.54, 1.807) is 0 Å². The van der Waals surface area contributed by atoms with Crippen LogP contribution in [0.1, 0.15) is 13.8 Å². The van der Waals surface area contributed by atoms with Crippen LogP contribution in [0.15, 0.2) is 34.9 Å². The van der Waals surface area contributed by atoms with Crippen molar-refractivity contribution in [3.8, 4) is 11.3 Å². The summed E-state index contributed by atoms with van der Waals surface area (Å²) in [5.41, 5.74) is 1.84. The van der Waals surface area contributed by atoms with E-state index in [4.69, 9.17) is 4.52 Å². The molecular weight excluding hydrogens is 202 g/mol. The topological polar surface area (TPSA) is 42.2 Å². The molecule has 0 aliphatic carbocycles. The average molecular weight is 217 g/mol. The Morgan fingerprint density at radius 1 is 1.12 bits per heavy atom. The lowest BCUT2D eigenvalue weighted by molar-refractivity contribution is 0.392. The van der Waals surface area contributed by atoms with Gasteiger partial charge in [0, 0.05) is 23.9 Å². The fraction of sp³-hybridized carbons (Fsp3) is 0.333. The van der Waals surface area contributed by atoms with E-state index in [0.717, 1.165) is 30.2 Å². The molecule has 0 radical (unpaired) electrons. The Labute approximate surface area is 94.9 Å². The largest absolute Gasteiger partial charge is 0.339 e. The van der Waals surface area contributed by atoms with E-state index in [0.29, 0.717) is 0 Å². The van der Waals surface area contributed by atoms with Crippen LogP contribution in [-0.2, 0) is 0 Å². The summed E-state index contributed by atoms with van der Waals surface area (Å²) < 4.78 is 5.23. The van der Waals surface area contributed by atoms with Crippen LogP contribution in [-0.4, -0.2) is 23.5 Å². The second-order valence-corrected chi connectivity index (χ2v) is 3.47. The first kappa shape index (κ1) is 10.7. The molecule has 0 spiro atoms. The molecule has 0 saturated heterocycles. The smallest absolute Gasteiger partial charge is 0.256 e.